The Hall–Kier alpha value is -2.28. The summed E-state index contributed by atoms with van der Waals surface area (Å²) in [6, 6.07) is 5.67. The second kappa shape index (κ2) is 5.79. The molecule has 7 nitrogen and oxygen atoms in total. The van der Waals surface area contributed by atoms with Crippen molar-refractivity contribution in [3.05, 3.63) is 40.3 Å². The predicted molar refractivity (Wildman–Crippen MR) is 72.8 cm³/mol. The van der Waals surface area contributed by atoms with Crippen LogP contribution in [-0.4, -0.2) is 15.1 Å². The lowest BCUT2D eigenvalue weighted by molar-refractivity contribution is -0.384. The minimum atomic E-state index is -0.454. The third-order valence-electron chi connectivity index (χ3n) is 3.32. The first-order chi connectivity index (χ1) is 9.52. The molecule has 0 aliphatic heterocycles. The van der Waals surface area contributed by atoms with Crippen LogP contribution in [0.1, 0.15) is 32.2 Å². The molecule has 106 valence electrons. The zero-order valence-corrected chi connectivity index (χ0v) is 11.3. The first-order valence-corrected chi connectivity index (χ1v) is 6.37. The van der Waals surface area contributed by atoms with Gasteiger partial charge in [0.2, 0.25) is 11.7 Å². The fraction of sp³-hybridized carbons (Fsp3) is 0.385. The van der Waals surface area contributed by atoms with Crippen molar-refractivity contribution < 1.29 is 9.45 Å². The van der Waals surface area contributed by atoms with E-state index in [1.165, 1.54) is 12.1 Å². The summed E-state index contributed by atoms with van der Waals surface area (Å²) in [7, 11) is 0. The largest absolute Gasteiger partial charge is 0.337 e. The van der Waals surface area contributed by atoms with Crippen molar-refractivity contribution in [2.24, 2.45) is 11.7 Å². The van der Waals surface area contributed by atoms with Gasteiger partial charge in [-0.1, -0.05) is 25.4 Å². The summed E-state index contributed by atoms with van der Waals surface area (Å²) in [5.74, 6) is 1.00. The average molecular weight is 276 g/mol. The monoisotopic (exact) mass is 276 g/mol. The molecule has 0 saturated heterocycles. The van der Waals surface area contributed by atoms with Crippen molar-refractivity contribution in [1.82, 2.24) is 10.1 Å². The Bertz CT molecular complexity index is 594. The topological polar surface area (TPSA) is 108 Å². The Morgan fingerprint density at radius 3 is 2.60 bits per heavy atom. The summed E-state index contributed by atoms with van der Waals surface area (Å²) in [6.07, 6.45) is 0.913. The number of aromatic nitrogens is 2. The molecule has 0 aliphatic carbocycles. The van der Waals surface area contributed by atoms with Crippen LogP contribution in [0, 0.1) is 16.0 Å². The number of rotatable bonds is 5. The van der Waals surface area contributed by atoms with Crippen LogP contribution in [0.25, 0.3) is 11.4 Å². The van der Waals surface area contributed by atoms with Crippen LogP contribution in [-0.2, 0) is 0 Å². The number of hydrogen-bond acceptors (Lipinski definition) is 6. The van der Waals surface area contributed by atoms with Gasteiger partial charge in [0, 0.05) is 17.7 Å². The quantitative estimate of drug-likeness (QED) is 0.664. The SMILES string of the molecule is CCC(C)C(N)c1nc(-c2ccc([N+](=O)[O-])cc2)no1. The van der Waals surface area contributed by atoms with E-state index in [9.17, 15) is 10.1 Å². The highest BCUT2D eigenvalue weighted by Crippen LogP contribution is 2.24. The van der Waals surface area contributed by atoms with E-state index >= 15 is 0 Å². The van der Waals surface area contributed by atoms with Gasteiger partial charge in [-0.2, -0.15) is 4.98 Å². The summed E-state index contributed by atoms with van der Waals surface area (Å²) < 4.78 is 5.16. The molecule has 2 rings (SSSR count). The van der Waals surface area contributed by atoms with E-state index < -0.39 is 4.92 Å². The van der Waals surface area contributed by atoms with Gasteiger partial charge in [0.25, 0.3) is 5.69 Å². The van der Waals surface area contributed by atoms with Crippen LogP contribution in [0.5, 0.6) is 0 Å². The molecule has 0 fully saturated rings. The van der Waals surface area contributed by atoms with E-state index in [-0.39, 0.29) is 17.6 Å². The first-order valence-electron chi connectivity index (χ1n) is 6.37. The number of nitrogens with zero attached hydrogens (tertiary/aromatic N) is 3. The van der Waals surface area contributed by atoms with Gasteiger partial charge in [0.1, 0.15) is 0 Å². The molecule has 0 radical (unpaired) electrons. The second-order valence-corrected chi connectivity index (χ2v) is 4.67. The molecule has 2 N–H and O–H groups in total. The van der Waals surface area contributed by atoms with Gasteiger partial charge >= 0.3 is 0 Å². The molecule has 2 aromatic rings. The summed E-state index contributed by atoms with van der Waals surface area (Å²) in [5, 5.41) is 14.5. The van der Waals surface area contributed by atoms with Gasteiger partial charge in [-0.25, -0.2) is 0 Å². The minimum absolute atomic E-state index is 0.0220. The summed E-state index contributed by atoms with van der Waals surface area (Å²) in [5.41, 5.74) is 6.70. The van der Waals surface area contributed by atoms with Gasteiger partial charge in [0.15, 0.2) is 0 Å². The minimum Gasteiger partial charge on any atom is -0.337 e. The number of nitrogens with two attached hydrogens (primary N) is 1. The number of nitro benzene ring substituents is 1. The van der Waals surface area contributed by atoms with E-state index in [1.54, 1.807) is 12.1 Å². The van der Waals surface area contributed by atoms with Crippen LogP contribution in [0.15, 0.2) is 28.8 Å². The Morgan fingerprint density at radius 1 is 1.40 bits per heavy atom. The van der Waals surface area contributed by atoms with Crippen LogP contribution in [0.2, 0.25) is 0 Å². The molecule has 0 saturated carbocycles. The van der Waals surface area contributed by atoms with Crippen molar-refractivity contribution in [3.63, 3.8) is 0 Å². The first kappa shape index (κ1) is 14.1. The Kier molecular flexibility index (Phi) is 4.09. The summed E-state index contributed by atoms with van der Waals surface area (Å²) >= 11 is 0. The molecule has 0 spiro atoms. The summed E-state index contributed by atoms with van der Waals surface area (Å²) in [6.45, 7) is 4.05. The second-order valence-electron chi connectivity index (χ2n) is 4.67. The summed E-state index contributed by atoms with van der Waals surface area (Å²) in [4.78, 5) is 14.4. The lowest BCUT2D eigenvalue weighted by atomic mass is 10.0. The number of nitro groups is 1. The van der Waals surface area contributed by atoms with Crippen LogP contribution in [0.3, 0.4) is 0 Å². The molecule has 7 heteroatoms. The van der Waals surface area contributed by atoms with Gasteiger partial charge in [-0.3, -0.25) is 10.1 Å². The van der Waals surface area contributed by atoms with Gasteiger partial charge in [-0.05, 0) is 18.1 Å². The molecule has 0 amide bonds. The Balaban J connectivity index is 2.22. The van der Waals surface area contributed by atoms with Crippen molar-refractivity contribution >= 4 is 5.69 Å². The molecule has 1 aromatic carbocycles. The normalized spacial score (nSPS) is 13.9. The third-order valence-corrected chi connectivity index (χ3v) is 3.32. The van der Waals surface area contributed by atoms with Crippen molar-refractivity contribution in [1.29, 1.82) is 0 Å². The maximum absolute atomic E-state index is 10.6. The highest BCUT2D eigenvalue weighted by molar-refractivity contribution is 5.56. The van der Waals surface area contributed by atoms with Gasteiger partial charge in [-0.15, -0.1) is 0 Å². The van der Waals surface area contributed by atoms with Gasteiger partial charge < -0.3 is 10.3 Å². The van der Waals surface area contributed by atoms with Gasteiger partial charge in [0.05, 0.1) is 11.0 Å². The van der Waals surface area contributed by atoms with Crippen molar-refractivity contribution in [2.45, 2.75) is 26.3 Å². The van der Waals surface area contributed by atoms with Crippen molar-refractivity contribution in [2.75, 3.05) is 0 Å². The maximum atomic E-state index is 10.6. The fourth-order valence-corrected chi connectivity index (χ4v) is 1.72. The molecule has 2 atom stereocenters. The number of hydrogen-bond donors (Lipinski definition) is 1. The molecular weight excluding hydrogens is 260 g/mol. The lowest BCUT2D eigenvalue weighted by Gasteiger charge is -2.12. The molecule has 0 bridgehead atoms. The maximum Gasteiger partial charge on any atom is 0.269 e. The molecular formula is C13H16N4O3. The number of non-ortho nitro benzene ring substituents is 1. The third kappa shape index (κ3) is 2.83. The highest BCUT2D eigenvalue weighted by atomic mass is 16.6. The predicted octanol–water partition coefficient (Wildman–Crippen LogP) is 2.69. The zero-order chi connectivity index (χ0) is 14.7. The van der Waals surface area contributed by atoms with E-state index in [0.717, 1.165) is 6.42 Å². The number of benzene rings is 1. The van der Waals surface area contributed by atoms with E-state index in [4.69, 9.17) is 10.3 Å². The molecule has 1 heterocycles. The lowest BCUT2D eigenvalue weighted by Crippen LogP contribution is -2.18. The van der Waals surface area contributed by atoms with Crippen LogP contribution in [0.4, 0.5) is 5.69 Å². The Labute approximate surface area is 115 Å². The fourth-order valence-electron chi connectivity index (χ4n) is 1.72. The molecule has 2 unspecified atom stereocenters. The standard InChI is InChI=1S/C13H16N4O3/c1-3-8(2)11(14)13-15-12(16-20-13)9-4-6-10(7-5-9)17(18)19/h4-8,11H,3,14H2,1-2H3. The average Bonchev–Trinajstić information content (AvgIpc) is 2.95. The Morgan fingerprint density at radius 2 is 2.05 bits per heavy atom. The zero-order valence-electron chi connectivity index (χ0n) is 11.3. The highest BCUT2D eigenvalue weighted by Gasteiger charge is 2.20. The van der Waals surface area contributed by atoms with E-state index in [1.807, 2.05) is 13.8 Å². The molecule has 0 aliphatic rings. The molecule has 20 heavy (non-hydrogen) atoms. The van der Waals surface area contributed by atoms with E-state index in [0.29, 0.717) is 17.3 Å². The van der Waals surface area contributed by atoms with Crippen LogP contribution >= 0.6 is 0 Å². The van der Waals surface area contributed by atoms with E-state index in [2.05, 4.69) is 10.1 Å². The smallest absolute Gasteiger partial charge is 0.269 e. The molecule has 1 aromatic heterocycles. The van der Waals surface area contributed by atoms with Crippen LogP contribution < -0.4 is 5.73 Å². The van der Waals surface area contributed by atoms with Crippen molar-refractivity contribution in [3.8, 4) is 11.4 Å².